The van der Waals surface area contributed by atoms with Gasteiger partial charge in [-0.15, -0.1) is 5.10 Å². The van der Waals surface area contributed by atoms with Crippen molar-refractivity contribution < 1.29 is 19.0 Å². The Bertz CT molecular complexity index is 820. The Hall–Kier alpha value is -2.54. The molecule has 0 spiro atoms. The van der Waals surface area contributed by atoms with E-state index in [1.807, 2.05) is 24.3 Å². The van der Waals surface area contributed by atoms with Gasteiger partial charge in [0.1, 0.15) is 11.5 Å². The number of nitrogens with zero attached hydrogens (tertiary/aromatic N) is 2. The molecule has 0 N–H and O–H groups in total. The Balaban J connectivity index is 2.00. The third kappa shape index (κ3) is 3.46. The van der Waals surface area contributed by atoms with Crippen molar-refractivity contribution in [2.75, 3.05) is 14.2 Å². The zero-order chi connectivity index (χ0) is 18.0. The predicted molar refractivity (Wildman–Crippen MR) is 96.6 cm³/mol. The molecule has 0 saturated carbocycles. The van der Waals surface area contributed by atoms with Crippen molar-refractivity contribution in [1.29, 1.82) is 0 Å². The minimum atomic E-state index is -0.721. The van der Waals surface area contributed by atoms with Crippen LogP contribution in [0.3, 0.4) is 0 Å². The van der Waals surface area contributed by atoms with Gasteiger partial charge in [-0.25, -0.2) is 0 Å². The molecule has 3 rings (SSSR count). The molecule has 0 aliphatic carbocycles. The van der Waals surface area contributed by atoms with Crippen LogP contribution in [0.15, 0.2) is 52.0 Å². The van der Waals surface area contributed by atoms with Crippen LogP contribution in [-0.2, 0) is 9.53 Å². The zero-order valence-electron chi connectivity index (χ0n) is 14.0. The first-order valence-corrected chi connectivity index (χ1v) is 8.35. The molecular weight excluding hydrogens is 388 g/mol. The van der Waals surface area contributed by atoms with Crippen molar-refractivity contribution in [3.8, 4) is 11.5 Å². The molecule has 0 bridgehead atoms. The number of hydrogen-bond donors (Lipinski definition) is 0. The van der Waals surface area contributed by atoms with E-state index in [0.717, 1.165) is 10.0 Å². The molecule has 130 valence electrons. The van der Waals surface area contributed by atoms with Gasteiger partial charge in [-0.2, -0.15) is 5.01 Å². The first-order valence-electron chi connectivity index (χ1n) is 7.56. The van der Waals surface area contributed by atoms with E-state index < -0.39 is 6.23 Å². The number of ether oxygens (including phenoxy) is 3. The Kier molecular flexibility index (Phi) is 4.94. The van der Waals surface area contributed by atoms with Gasteiger partial charge >= 0.3 is 0 Å². The van der Waals surface area contributed by atoms with Crippen LogP contribution in [0.1, 0.15) is 24.3 Å². The lowest BCUT2D eigenvalue weighted by molar-refractivity contribution is -0.135. The van der Waals surface area contributed by atoms with Crippen LogP contribution < -0.4 is 9.47 Å². The van der Waals surface area contributed by atoms with Gasteiger partial charge < -0.3 is 14.2 Å². The molecule has 1 heterocycles. The lowest BCUT2D eigenvalue weighted by Crippen LogP contribution is -2.25. The first-order chi connectivity index (χ1) is 12.0. The van der Waals surface area contributed by atoms with E-state index in [9.17, 15) is 4.79 Å². The zero-order valence-corrected chi connectivity index (χ0v) is 15.6. The Labute approximate surface area is 154 Å². The maximum Gasteiger partial charge on any atom is 0.243 e. The molecule has 1 aliphatic rings. The van der Waals surface area contributed by atoms with Crippen LogP contribution in [0.5, 0.6) is 11.5 Å². The third-order valence-electron chi connectivity index (χ3n) is 3.76. The Morgan fingerprint density at radius 2 is 1.88 bits per heavy atom. The van der Waals surface area contributed by atoms with Gasteiger partial charge in [0.25, 0.3) is 0 Å². The SMILES string of the molecule is COc1ccc(OC)c([C@H]2OC(c3ccc(Br)cc3)=NN2C(C)=O)c1. The van der Waals surface area contributed by atoms with Gasteiger partial charge in [0.2, 0.25) is 18.0 Å². The summed E-state index contributed by atoms with van der Waals surface area (Å²) in [5.41, 5.74) is 1.44. The van der Waals surface area contributed by atoms with Gasteiger partial charge in [-0.05, 0) is 42.5 Å². The molecule has 0 unspecified atom stereocenters. The smallest absolute Gasteiger partial charge is 0.243 e. The second kappa shape index (κ2) is 7.14. The van der Waals surface area contributed by atoms with Gasteiger partial charge in [0.15, 0.2) is 0 Å². The van der Waals surface area contributed by atoms with Gasteiger partial charge in [0, 0.05) is 17.0 Å². The predicted octanol–water partition coefficient (Wildman–Crippen LogP) is 3.71. The van der Waals surface area contributed by atoms with Crippen molar-refractivity contribution in [3.05, 3.63) is 58.1 Å². The summed E-state index contributed by atoms with van der Waals surface area (Å²) in [7, 11) is 3.14. The summed E-state index contributed by atoms with van der Waals surface area (Å²) < 4.78 is 17.6. The van der Waals surface area contributed by atoms with E-state index in [0.29, 0.717) is 23.0 Å². The summed E-state index contributed by atoms with van der Waals surface area (Å²) in [6.07, 6.45) is -0.721. The van der Waals surface area contributed by atoms with Crippen molar-refractivity contribution in [2.24, 2.45) is 5.10 Å². The van der Waals surface area contributed by atoms with Crippen molar-refractivity contribution in [1.82, 2.24) is 5.01 Å². The fraction of sp³-hybridized carbons (Fsp3) is 0.222. The minimum Gasteiger partial charge on any atom is -0.497 e. The second-order valence-corrected chi connectivity index (χ2v) is 6.27. The van der Waals surface area contributed by atoms with Crippen LogP contribution in [0.4, 0.5) is 0 Å². The number of halogens is 1. The van der Waals surface area contributed by atoms with Crippen LogP contribution in [-0.4, -0.2) is 31.0 Å². The van der Waals surface area contributed by atoms with Crippen molar-refractivity contribution in [3.63, 3.8) is 0 Å². The Morgan fingerprint density at radius 1 is 1.16 bits per heavy atom. The molecule has 0 fully saturated rings. The molecular formula is C18H17BrN2O4. The molecule has 7 heteroatoms. The van der Waals surface area contributed by atoms with E-state index in [4.69, 9.17) is 14.2 Å². The highest BCUT2D eigenvalue weighted by Gasteiger charge is 2.35. The number of rotatable bonds is 4. The van der Waals surface area contributed by atoms with Gasteiger partial charge in [-0.3, -0.25) is 4.79 Å². The highest BCUT2D eigenvalue weighted by atomic mass is 79.9. The monoisotopic (exact) mass is 404 g/mol. The molecule has 2 aromatic carbocycles. The summed E-state index contributed by atoms with van der Waals surface area (Å²) >= 11 is 3.40. The van der Waals surface area contributed by atoms with E-state index in [1.165, 1.54) is 11.9 Å². The van der Waals surface area contributed by atoms with Crippen LogP contribution in [0.25, 0.3) is 0 Å². The summed E-state index contributed by atoms with van der Waals surface area (Å²) in [6.45, 7) is 1.44. The van der Waals surface area contributed by atoms with E-state index in [1.54, 1.807) is 32.4 Å². The number of carbonyl (C=O) groups excluding carboxylic acids is 1. The normalized spacial score (nSPS) is 16.2. The highest BCUT2D eigenvalue weighted by molar-refractivity contribution is 9.10. The maximum absolute atomic E-state index is 12.1. The number of amides is 1. The number of methoxy groups -OCH3 is 2. The summed E-state index contributed by atoms with van der Waals surface area (Å²) in [5, 5.41) is 5.64. The fourth-order valence-corrected chi connectivity index (χ4v) is 2.78. The first kappa shape index (κ1) is 17.3. The average Bonchev–Trinajstić information content (AvgIpc) is 3.07. The second-order valence-electron chi connectivity index (χ2n) is 5.35. The standard InChI is InChI=1S/C18H17BrN2O4/c1-11(22)21-18(15-10-14(23-2)8-9-16(15)24-3)25-17(20-21)12-4-6-13(19)7-5-12/h4-10,18H,1-3H3/t18-/m1/s1. The third-order valence-corrected chi connectivity index (χ3v) is 4.29. The number of hydrogen-bond acceptors (Lipinski definition) is 5. The Morgan fingerprint density at radius 3 is 2.48 bits per heavy atom. The maximum atomic E-state index is 12.1. The van der Waals surface area contributed by atoms with Crippen molar-refractivity contribution >= 4 is 27.7 Å². The van der Waals surface area contributed by atoms with Crippen molar-refractivity contribution in [2.45, 2.75) is 13.2 Å². The summed E-state index contributed by atoms with van der Waals surface area (Å²) in [4.78, 5) is 12.1. The molecule has 1 atom stereocenters. The number of carbonyl (C=O) groups is 1. The molecule has 2 aromatic rings. The molecule has 0 radical (unpaired) electrons. The highest BCUT2D eigenvalue weighted by Crippen LogP contribution is 2.37. The lowest BCUT2D eigenvalue weighted by atomic mass is 10.1. The lowest BCUT2D eigenvalue weighted by Gasteiger charge is -2.21. The molecule has 25 heavy (non-hydrogen) atoms. The number of hydrazone groups is 1. The van der Waals surface area contributed by atoms with E-state index in [2.05, 4.69) is 21.0 Å². The fourth-order valence-electron chi connectivity index (χ4n) is 2.51. The minimum absolute atomic E-state index is 0.234. The van der Waals surface area contributed by atoms with Crippen LogP contribution in [0, 0.1) is 0 Å². The molecule has 6 nitrogen and oxygen atoms in total. The van der Waals surface area contributed by atoms with Gasteiger partial charge in [0.05, 0.1) is 19.8 Å². The topological polar surface area (TPSA) is 60.4 Å². The molecule has 1 aliphatic heterocycles. The van der Waals surface area contributed by atoms with Crippen LogP contribution >= 0.6 is 15.9 Å². The average molecular weight is 405 g/mol. The number of benzene rings is 2. The largest absolute Gasteiger partial charge is 0.497 e. The molecule has 0 aromatic heterocycles. The quantitative estimate of drug-likeness (QED) is 0.779. The van der Waals surface area contributed by atoms with Gasteiger partial charge in [-0.1, -0.05) is 15.9 Å². The molecule has 1 amide bonds. The van der Waals surface area contributed by atoms with E-state index >= 15 is 0 Å². The summed E-state index contributed by atoms with van der Waals surface area (Å²) in [6, 6.07) is 12.8. The molecule has 0 saturated heterocycles. The van der Waals surface area contributed by atoms with E-state index in [-0.39, 0.29) is 5.91 Å². The van der Waals surface area contributed by atoms with Crippen LogP contribution in [0.2, 0.25) is 0 Å². The summed E-state index contributed by atoms with van der Waals surface area (Å²) in [5.74, 6) is 1.36.